The number of aliphatic hydroxyl groups is 1. The number of hydrogen-bond acceptors (Lipinski definition) is 4. The molecular formula is C19H17ClN4O. The standard InChI is InChI=1S/C19H17ClN4O/c1-12(25)9-17-22-23-18-11-21-19(13-5-3-2-4-6-13)15-10-14(20)7-8-16(15)24(17)18/h2-8,10,12,25H,9,11H2,1H3. The average Bonchev–Trinajstić information content (AvgIpc) is 2.90. The average molecular weight is 353 g/mol. The summed E-state index contributed by atoms with van der Waals surface area (Å²) in [7, 11) is 0. The van der Waals surface area contributed by atoms with Gasteiger partial charge in [-0.1, -0.05) is 41.9 Å². The van der Waals surface area contributed by atoms with Crippen LogP contribution in [-0.4, -0.2) is 31.7 Å². The van der Waals surface area contributed by atoms with Crippen LogP contribution in [0.25, 0.3) is 5.69 Å². The Morgan fingerprint density at radius 2 is 1.96 bits per heavy atom. The topological polar surface area (TPSA) is 63.3 Å². The van der Waals surface area contributed by atoms with Crippen molar-refractivity contribution >= 4 is 17.3 Å². The first-order valence-corrected chi connectivity index (χ1v) is 8.52. The summed E-state index contributed by atoms with van der Waals surface area (Å²) in [5.41, 5.74) is 3.78. The fourth-order valence-corrected chi connectivity index (χ4v) is 3.27. The molecule has 0 fully saturated rings. The van der Waals surface area contributed by atoms with Gasteiger partial charge in [-0.05, 0) is 25.1 Å². The van der Waals surface area contributed by atoms with Crippen molar-refractivity contribution in [1.29, 1.82) is 0 Å². The van der Waals surface area contributed by atoms with Gasteiger partial charge in [-0.25, -0.2) is 0 Å². The second-order valence-corrected chi connectivity index (χ2v) is 6.55. The Bertz CT molecular complexity index is 947. The Labute approximate surface area is 150 Å². The molecule has 1 unspecified atom stereocenters. The van der Waals surface area contributed by atoms with Crippen LogP contribution in [0.5, 0.6) is 0 Å². The lowest BCUT2D eigenvalue weighted by Crippen LogP contribution is -2.13. The van der Waals surface area contributed by atoms with E-state index in [-0.39, 0.29) is 0 Å². The molecule has 0 saturated carbocycles. The number of benzene rings is 2. The second-order valence-electron chi connectivity index (χ2n) is 6.11. The first kappa shape index (κ1) is 16.0. The summed E-state index contributed by atoms with van der Waals surface area (Å²) in [5, 5.41) is 19.0. The van der Waals surface area contributed by atoms with Crippen LogP contribution in [0.15, 0.2) is 53.5 Å². The number of aliphatic imine (C=N–C) groups is 1. The Morgan fingerprint density at radius 3 is 2.72 bits per heavy atom. The Hall–Kier alpha value is -2.50. The van der Waals surface area contributed by atoms with Crippen molar-refractivity contribution in [2.75, 3.05) is 0 Å². The first-order valence-electron chi connectivity index (χ1n) is 8.15. The van der Waals surface area contributed by atoms with E-state index in [0.29, 0.717) is 18.0 Å². The minimum Gasteiger partial charge on any atom is -0.393 e. The van der Waals surface area contributed by atoms with E-state index in [1.807, 2.05) is 53.1 Å². The smallest absolute Gasteiger partial charge is 0.159 e. The molecule has 0 radical (unpaired) electrons. The van der Waals surface area contributed by atoms with Crippen LogP contribution < -0.4 is 0 Å². The highest BCUT2D eigenvalue weighted by atomic mass is 35.5. The van der Waals surface area contributed by atoms with Crippen LogP contribution in [0.3, 0.4) is 0 Å². The highest BCUT2D eigenvalue weighted by Crippen LogP contribution is 2.28. The van der Waals surface area contributed by atoms with Gasteiger partial charge in [0.15, 0.2) is 5.82 Å². The molecular weight excluding hydrogens is 336 g/mol. The van der Waals surface area contributed by atoms with Crippen molar-refractivity contribution in [2.24, 2.45) is 4.99 Å². The molecule has 1 aliphatic heterocycles. The molecule has 1 atom stereocenters. The van der Waals surface area contributed by atoms with E-state index >= 15 is 0 Å². The third kappa shape index (κ3) is 2.97. The van der Waals surface area contributed by atoms with Crippen molar-refractivity contribution < 1.29 is 5.11 Å². The Morgan fingerprint density at radius 1 is 1.16 bits per heavy atom. The quantitative estimate of drug-likeness (QED) is 0.787. The van der Waals surface area contributed by atoms with Gasteiger partial charge in [0.05, 0.1) is 17.5 Å². The van der Waals surface area contributed by atoms with E-state index in [9.17, 15) is 5.11 Å². The number of fused-ring (bicyclic) bond motifs is 3. The number of nitrogens with zero attached hydrogens (tertiary/aromatic N) is 4. The van der Waals surface area contributed by atoms with E-state index in [2.05, 4.69) is 10.2 Å². The zero-order chi connectivity index (χ0) is 17.4. The molecule has 25 heavy (non-hydrogen) atoms. The first-order chi connectivity index (χ1) is 12.1. The van der Waals surface area contributed by atoms with Crippen LogP contribution in [0.4, 0.5) is 0 Å². The molecule has 0 spiro atoms. The lowest BCUT2D eigenvalue weighted by atomic mass is 10.0. The van der Waals surface area contributed by atoms with Gasteiger partial charge in [0, 0.05) is 22.6 Å². The van der Waals surface area contributed by atoms with Crippen molar-refractivity contribution in [3.05, 3.63) is 76.3 Å². The number of aromatic nitrogens is 3. The number of hydrogen-bond donors (Lipinski definition) is 1. The molecule has 5 nitrogen and oxygen atoms in total. The molecule has 1 N–H and O–H groups in total. The number of halogens is 1. The van der Waals surface area contributed by atoms with E-state index in [1.165, 1.54) is 0 Å². The summed E-state index contributed by atoms with van der Waals surface area (Å²) in [6, 6.07) is 15.8. The zero-order valence-electron chi connectivity index (χ0n) is 13.7. The van der Waals surface area contributed by atoms with E-state index in [1.54, 1.807) is 6.92 Å². The minimum absolute atomic E-state index is 0.420. The normalized spacial score (nSPS) is 14.3. The van der Waals surface area contributed by atoms with Gasteiger partial charge in [-0.2, -0.15) is 0 Å². The largest absolute Gasteiger partial charge is 0.393 e. The number of aliphatic hydroxyl groups excluding tert-OH is 1. The predicted octanol–water partition coefficient (Wildman–Crippen LogP) is 3.20. The molecule has 6 heteroatoms. The summed E-state index contributed by atoms with van der Waals surface area (Å²) in [6.45, 7) is 2.16. The van der Waals surface area contributed by atoms with Crippen LogP contribution in [0.1, 0.15) is 29.7 Å². The Balaban J connectivity index is 1.94. The fraction of sp³-hybridized carbons (Fsp3) is 0.211. The lowest BCUT2D eigenvalue weighted by Gasteiger charge is -2.14. The second kappa shape index (κ2) is 6.43. The molecule has 2 heterocycles. The summed E-state index contributed by atoms with van der Waals surface area (Å²) in [4.78, 5) is 4.78. The van der Waals surface area contributed by atoms with Gasteiger partial charge in [0.2, 0.25) is 0 Å². The summed E-state index contributed by atoms with van der Waals surface area (Å²) >= 11 is 6.27. The third-order valence-corrected chi connectivity index (χ3v) is 4.39. The maximum absolute atomic E-state index is 9.79. The minimum atomic E-state index is -0.498. The van der Waals surface area contributed by atoms with Crippen LogP contribution in [0.2, 0.25) is 5.02 Å². The number of rotatable bonds is 3. The molecule has 3 aromatic rings. The van der Waals surface area contributed by atoms with Crippen LogP contribution in [0, 0.1) is 0 Å². The van der Waals surface area contributed by atoms with E-state index in [0.717, 1.165) is 34.2 Å². The molecule has 126 valence electrons. The lowest BCUT2D eigenvalue weighted by molar-refractivity contribution is 0.192. The zero-order valence-corrected chi connectivity index (χ0v) is 14.5. The van der Waals surface area contributed by atoms with Gasteiger partial charge in [-0.15, -0.1) is 10.2 Å². The molecule has 1 aromatic heterocycles. The van der Waals surface area contributed by atoms with Gasteiger partial charge < -0.3 is 5.11 Å². The highest BCUT2D eigenvalue weighted by Gasteiger charge is 2.23. The van der Waals surface area contributed by atoms with E-state index < -0.39 is 6.10 Å². The third-order valence-electron chi connectivity index (χ3n) is 4.16. The van der Waals surface area contributed by atoms with Crippen molar-refractivity contribution in [1.82, 2.24) is 14.8 Å². The van der Waals surface area contributed by atoms with Crippen molar-refractivity contribution in [3.8, 4) is 5.69 Å². The van der Waals surface area contributed by atoms with Crippen LogP contribution in [-0.2, 0) is 13.0 Å². The molecule has 0 saturated heterocycles. The maximum atomic E-state index is 9.79. The SMILES string of the molecule is CC(O)Cc1nnc2n1-c1ccc(Cl)cc1C(c1ccccc1)=NC2. The molecule has 0 aliphatic carbocycles. The van der Waals surface area contributed by atoms with E-state index in [4.69, 9.17) is 16.6 Å². The molecule has 4 rings (SSSR count). The van der Waals surface area contributed by atoms with Gasteiger partial charge >= 0.3 is 0 Å². The van der Waals surface area contributed by atoms with Crippen molar-refractivity contribution in [2.45, 2.75) is 26.0 Å². The van der Waals surface area contributed by atoms with Gasteiger partial charge in [-0.3, -0.25) is 9.56 Å². The molecule has 0 bridgehead atoms. The van der Waals surface area contributed by atoms with Gasteiger partial charge in [0.1, 0.15) is 12.4 Å². The van der Waals surface area contributed by atoms with Crippen LogP contribution >= 0.6 is 11.6 Å². The molecule has 0 amide bonds. The van der Waals surface area contributed by atoms with Gasteiger partial charge in [0.25, 0.3) is 0 Å². The summed E-state index contributed by atoms with van der Waals surface area (Å²) in [5.74, 6) is 1.48. The Kier molecular flexibility index (Phi) is 4.11. The predicted molar refractivity (Wildman–Crippen MR) is 97.5 cm³/mol. The highest BCUT2D eigenvalue weighted by molar-refractivity contribution is 6.31. The molecule has 2 aromatic carbocycles. The molecule has 1 aliphatic rings. The monoisotopic (exact) mass is 352 g/mol. The summed E-state index contributed by atoms with van der Waals surface area (Å²) < 4.78 is 1.98. The maximum Gasteiger partial charge on any atom is 0.159 e. The summed E-state index contributed by atoms with van der Waals surface area (Å²) in [6.07, 6.45) is -0.0720. The fourth-order valence-electron chi connectivity index (χ4n) is 3.10. The van der Waals surface area contributed by atoms with Crippen molar-refractivity contribution in [3.63, 3.8) is 0 Å².